The lowest BCUT2D eigenvalue weighted by atomic mass is 10.0. The number of nitrogens with zero attached hydrogens (tertiary/aromatic N) is 2. The molecule has 0 saturated carbocycles. The maximum absolute atomic E-state index is 11.5. The molecule has 1 amide bonds. The van der Waals surface area contributed by atoms with E-state index in [0.717, 1.165) is 11.3 Å². The van der Waals surface area contributed by atoms with Gasteiger partial charge in [-0.2, -0.15) is 0 Å². The van der Waals surface area contributed by atoms with E-state index in [1.54, 1.807) is 18.0 Å². The Bertz CT molecular complexity index is 457. The van der Waals surface area contributed by atoms with Crippen LogP contribution in [-0.2, 0) is 22.5 Å². The summed E-state index contributed by atoms with van der Waals surface area (Å²) in [5.41, 5.74) is 2.04. The summed E-state index contributed by atoms with van der Waals surface area (Å²) in [4.78, 5) is 28.6. The van der Waals surface area contributed by atoms with E-state index in [9.17, 15) is 9.59 Å². The monoisotopic (exact) mass is 220 g/mol. The first-order valence-electron chi connectivity index (χ1n) is 4.92. The fourth-order valence-corrected chi connectivity index (χ4v) is 1.67. The van der Waals surface area contributed by atoms with Crippen LogP contribution < -0.4 is 0 Å². The molecule has 2 heterocycles. The lowest BCUT2D eigenvalue weighted by molar-refractivity contribution is -0.130. The standard InChI is InChI=1S/C11H12N2O3/c1-13-6-9-7(4-10(13)14)3-8(5-12-9)11(15)16-2/h3,5H,4,6H2,1-2H3. The largest absolute Gasteiger partial charge is 0.465 e. The van der Waals surface area contributed by atoms with Crippen LogP contribution in [0.15, 0.2) is 12.3 Å². The zero-order valence-electron chi connectivity index (χ0n) is 9.19. The molecule has 0 atom stereocenters. The second-order valence-electron chi connectivity index (χ2n) is 3.75. The number of pyridine rings is 1. The topological polar surface area (TPSA) is 59.5 Å². The SMILES string of the molecule is COC(=O)c1cnc2c(c1)CC(=O)N(C)C2. The van der Waals surface area contributed by atoms with Gasteiger partial charge in [-0.15, -0.1) is 0 Å². The molecule has 1 aromatic rings. The molecule has 5 nitrogen and oxygen atoms in total. The van der Waals surface area contributed by atoms with Gasteiger partial charge in [-0.1, -0.05) is 0 Å². The summed E-state index contributed by atoms with van der Waals surface area (Å²) in [7, 11) is 3.06. The minimum absolute atomic E-state index is 0.0383. The highest BCUT2D eigenvalue weighted by Gasteiger charge is 2.22. The summed E-state index contributed by atoms with van der Waals surface area (Å²) >= 11 is 0. The Morgan fingerprint density at radius 2 is 2.31 bits per heavy atom. The molecule has 0 N–H and O–H groups in total. The molecule has 0 saturated heterocycles. The van der Waals surface area contributed by atoms with E-state index in [1.165, 1.54) is 13.3 Å². The molecule has 0 radical (unpaired) electrons. The first-order valence-corrected chi connectivity index (χ1v) is 4.92. The molecule has 16 heavy (non-hydrogen) atoms. The Labute approximate surface area is 93.0 Å². The summed E-state index contributed by atoms with van der Waals surface area (Å²) in [5, 5.41) is 0. The Hall–Kier alpha value is -1.91. The highest BCUT2D eigenvalue weighted by Crippen LogP contribution is 2.18. The van der Waals surface area contributed by atoms with Crippen molar-refractivity contribution >= 4 is 11.9 Å². The number of fused-ring (bicyclic) bond motifs is 1. The minimum atomic E-state index is -0.429. The maximum Gasteiger partial charge on any atom is 0.339 e. The highest BCUT2D eigenvalue weighted by molar-refractivity contribution is 5.90. The normalized spacial score (nSPS) is 14.6. The quantitative estimate of drug-likeness (QED) is 0.642. The zero-order valence-corrected chi connectivity index (χ0v) is 9.19. The third-order valence-corrected chi connectivity index (χ3v) is 2.64. The number of carbonyl (C=O) groups excluding carboxylic acids is 2. The van der Waals surface area contributed by atoms with Crippen LogP contribution in [0.3, 0.4) is 0 Å². The first-order chi connectivity index (χ1) is 7.61. The molecule has 1 aliphatic heterocycles. The van der Waals surface area contributed by atoms with Crippen molar-refractivity contribution in [2.75, 3.05) is 14.2 Å². The average Bonchev–Trinajstić information content (AvgIpc) is 2.29. The van der Waals surface area contributed by atoms with E-state index in [0.29, 0.717) is 18.5 Å². The van der Waals surface area contributed by atoms with E-state index in [1.807, 2.05) is 0 Å². The van der Waals surface area contributed by atoms with Crippen molar-refractivity contribution in [1.82, 2.24) is 9.88 Å². The predicted molar refractivity (Wildman–Crippen MR) is 55.8 cm³/mol. The first kappa shape index (κ1) is 10.6. The third-order valence-electron chi connectivity index (χ3n) is 2.64. The van der Waals surface area contributed by atoms with Crippen LogP contribution in [0.2, 0.25) is 0 Å². The van der Waals surface area contributed by atoms with E-state index in [-0.39, 0.29) is 5.91 Å². The molecule has 0 aliphatic carbocycles. The van der Waals surface area contributed by atoms with Crippen molar-refractivity contribution in [3.63, 3.8) is 0 Å². The summed E-state index contributed by atoms with van der Waals surface area (Å²) in [6.45, 7) is 0.496. The molecular formula is C11H12N2O3. The van der Waals surface area contributed by atoms with E-state index in [2.05, 4.69) is 9.72 Å². The van der Waals surface area contributed by atoms with Gasteiger partial charge in [0.15, 0.2) is 0 Å². The lowest BCUT2D eigenvalue weighted by Gasteiger charge is -2.24. The van der Waals surface area contributed by atoms with Gasteiger partial charge in [0.25, 0.3) is 0 Å². The van der Waals surface area contributed by atoms with Gasteiger partial charge in [-0.05, 0) is 11.6 Å². The smallest absolute Gasteiger partial charge is 0.339 e. The average molecular weight is 220 g/mol. The molecule has 0 unspecified atom stereocenters. The lowest BCUT2D eigenvalue weighted by Crippen LogP contribution is -2.33. The number of esters is 1. The number of likely N-dealkylation sites (N-methyl/N-ethyl adjacent to an activating group) is 1. The number of ether oxygens (including phenoxy) is 1. The van der Waals surface area contributed by atoms with Crippen LogP contribution in [0, 0.1) is 0 Å². The minimum Gasteiger partial charge on any atom is -0.465 e. The van der Waals surface area contributed by atoms with Crippen molar-refractivity contribution in [2.24, 2.45) is 0 Å². The summed E-state index contributed by atoms with van der Waals surface area (Å²) < 4.78 is 4.60. The number of carbonyl (C=O) groups is 2. The van der Waals surface area contributed by atoms with Crippen LogP contribution in [0.4, 0.5) is 0 Å². The van der Waals surface area contributed by atoms with Crippen molar-refractivity contribution in [3.05, 3.63) is 29.1 Å². The maximum atomic E-state index is 11.5. The number of hydrogen-bond acceptors (Lipinski definition) is 4. The molecule has 0 bridgehead atoms. The predicted octanol–water partition coefficient (Wildman–Crippen LogP) is 0.383. The second-order valence-corrected chi connectivity index (χ2v) is 3.75. The fourth-order valence-electron chi connectivity index (χ4n) is 1.67. The van der Waals surface area contributed by atoms with E-state index in [4.69, 9.17) is 0 Å². The van der Waals surface area contributed by atoms with Gasteiger partial charge in [0, 0.05) is 13.2 Å². The molecular weight excluding hydrogens is 208 g/mol. The Kier molecular flexibility index (Phi) is 2.60. The molecule has 5 heteroatoms. The van der Waals surface area contributed by atoms with Gasteiger partial charge in [-0.3, -0.25) is 9.78 Å². The van der Waals surface area contributed by atoms with Crippen LogP contribution in [0.1, 0.15) is 21.6 Å². The molecule has 2 rings (SSSR count). The van der Waals surface area contributed by atoms with Gasteiger partial charge in [0.05, 0.1) is 31.3 Å². The number of aromatic nitrogens is 1. The highest BCUT2D eigenvalue weighted by atomic mass is 16.5. The van der Waals surface area contributed by atoms with Crippen molar-refractivity contribution in [1.29, 1.82) is 0 Å². The molecule has 1 aromatic heterocycles. The second kappa shape index (κ2) is 3.92. The van der Waals surface area contributed by atoms with Gasteiger partial charge < -0.3 is 9.64 Å². The van der Waals surface area contributed by atoms with Crippen LogP contribution >= 0.6 is 0 Å². The van der Waals surface area contributed by atoms with Gasteiger partial charge in [0.2, 0.25) is 5.91 Å². The van der Waals surface area contributed by atoms with Gasteiger partial charge in [0.1, 0.15) is 0 Å². The van der Waals surface area contributed by atoms with E-state index < -0.39 is 5.97 Å². The van der Waals surface area contributed by atoms with Crippen LogP contribution in [0.25, 0.3) is 0 Å². The Balaban J connectivity index is 2.36. The van der Waals surface area contributed by atoms with Crippen molar-refractivity contribution in [3.8, 4) is 0 Å². The molecule has 84 valence electrons. The van der Waals surface area contributed by atoms with Gasteiger partial charge >= 0.3 is 5.97 Å². The third kappa shape index (κ3) is 1.76. The molecule has 1 aliphatic rings. The summed E-state index contributed by atoms with van der Waals surface area (Å²) in [5.74, 6) is -0.391. The van der Waals surface area contributed by atoms with Crippen molar-refractivity contribution < 1.29 is 14.3 Å². The number of hydrogen-bond donors (Lipinski definition) is 0. The Morgan fingerprint density at radius 3 is 3.00 bits per heavy atom. The summed E-state index contributed by atoms with van der Waals surface area (Å²) in [6.07, 6.45) is 1.78. The van der Waals surface area contributed by atoms with Crippen LogP contribution in [0.5, 0.6) is 0 Å². The number of rotatable bonds is 1. The van der Waals surface area contributed by atoms with Gasteiger partial charge in [-0.25, -0.2) is 4.79 Å². The molecule has 0 fully saturated rings. The summed E-state index contributed by atoms with van der Waals surface area (Å²) in [6, 6.07) is 1.68. The Morgan fingerprint density at radius 1 is 1.56 bits per heavy atom. The van der Waals surface area contributed by atoms with Crippen molar-refractivity contribution in [2.45, 2.75) is 13.0 Å². The molecule has 0 spiro atoms. The number of methoxy groups -OCH3 is 1. The zero-order chi connectivity index (χ0) is 11.7. The fraction of sp³-hybridized carbons (Fsp3) is 0.364. The van der Waals surface area contributed by atoms with Crippen LogP contribution in [-0.4, -0.2) is 35.9 Å². The number of amides is 1. The molecule has 0 aromatic carbocycles. The van der Waals surface area contributed by atoms with E-state index >= 15 is 0 Å².